The van der Waals surface area contributed by atoms with Crippen molar-refractivity contribution in [3.05, 3.63) is 84.1 Å². The molecule has 0 aliphatic carbocycles. The van der Waals surface area contributed by atoms with Crippen molar-refractivity contribution in [3.8, 4) is 0 Å². The summed E-state index contributed by atoms with van der Waals surface area (Å²) >= 11 is 0. The van der Waals surface area contributed by atoms with Crippen LogP contribution in [-0.2, 0) is 32.2 Å². The first-order valence-electron chi connectivity index (χ1n) is 10.9. The summed E-state index contributed by atoms with van der Waals surface area (Å²) in [5, 5.41) is 2.87. The van der Waals surface area contributed by atoms with Gasteiger partial charge in [0.2, 0.25) is 5.91 Å². The molecule has 4 rings (SSSR count). The topological polar surface area (TPSA) is 56.8 Å². The Morgan fingerprint density at radius 1 is 1.00 bits per heavy atom. The highest BCUT2D eigenvalue weighted by atomic mass is 16.6. The van der Waals surface area contributed by atoms with Gasteiger partial charge in [0.15, 0.2) is 0 Å². The zero-order chi connectivity index (χ0) is 21.8. The molecule has 0 unspecified atom stereocenters. The number of rotatable bonds is 7. The van der Waals surface area contributed by atoms with Gasteiger partial charge in [0, 0.05) is 24.0 Å². The number of benzene rings is 2. The Balaban J connectivity index is 1.50. The monoisotopic (exact) mass is 421 g/mol. The molecule has 2 aliphatic rings. The maximum atomic E-state index is 12.1. The largest absolute Gasteiger partial charge is 0.371 e. The van der Waals surface area contributed by atoms with Crippen LogP contribution in [0.3, 0.4) is 0 Å². The molecule has 5 heteroatoms. The van der Waals surface area contributed by atoms with Gasteiger partial charge in [-0.05, 0) is 18.1 Å². The number of hydrogen-bond donors (Lipinski definition) is 1. The van der Waals surface area contributed by atoms with Crippen LogP contribution in [0.5, 0.6) is 0 Å². The van der Waals surface area contributed by atoms with Crippen molar-refractivity contribution in [1.29, 1.82) is 0 Å². The van der Waals surface area contributed by atoms with Gasteiger partial charge < -0.3 is 19.5 Å². The van der Waals surface area contributed by atoms with E-state index in [9.17, 15) is 4.79 Å². The third-order valence-electron chi connectivity index (χ3n) is 6.44. The van der Waals surface area contributed by atoms with Crippen LogP contribution in [0, 0.1) is 5.41 Å². The zero-order valence-electron chi connectivity index (χ0n) is 18.3. The maximum absolute atomic E-state index is 12.1. The Hall–Kier alpha value is -2.47. The van der Waals surface area contributed by atoms with Crippen LogP contribution in [-0.4, -0.2) is 30.3 Å². The van der Waals surface area contributed by atoms with E-state index < -0.39 is 5.41 Å². The molecule has 0 aromatic heterocycles. The lowest BCUT2D eigenvalue weighted by Crippen LogP contribution is -2.54. The molecule has 2 aromatic rings. The van der Waals surface area contributed by atoms with Crippen molar-refractivity contribution in [2.45, 2.75) is 64.3 Å². The van der Waals surface area contributed by atoms with Crippen LogP contribution in [0.25, 0.3) is 0 Å². The molecule has 1 N–H and O–H groups in total. The van der Waals surface area contributed by atoms with E-state index in [0.717, 1.165) is 11.1 Å². The lowest BCUT2D eigenvalue weighted by atomic mass is 9.75. The molecule has 0 bridgehead atoms. The predicted octanol–water partition coefficient (Wildman–Crippen LogP) is 4.37. The number of ether oxygens (including phenoxy) is 3. The summed E-state index contributed by atoms with van der Waals surface area (Å²) in [4.78, 5) is 12.1. The molecule has 0 saturated carbocycles. The minimum Gasteiger partial charge on any atom is -0.371 e. The molecule has 2 saturated heterocycles. The van der Waals surface area contributed by atoms with Gasteiger partial charge in [0.05, 0.1) is 37.6 Å². The van der Waals surface area contributed by atoms with Crippen LogP contribution in [0.1, 0.15) is 37.8 Å². The van der Waals surface area contributed by atoms with E-state index in [1.165, 1.54) is 0 Å². The zero-order valence-corrected chi connectivity index (χ0v) is 18.3. The third kappa shape index (κ3) is 4.90. The molecule has 164 valence electrons. The number of amides is 1. The summed E-state index contributed by atoms with van der Waals surface area (Å²) < 4.78 is 19.1. The molecule has 2 aromatic carbocycles. The number of carbonyl (C=O) groups is 1. The quantitative estimate of drug-likeness (QED) is 0.721. The first kappa shape index (κ1) is 21.8. The highest BCUT2D eigenvalue weighted by Gasteiger charge is 2.52. The summed E-state index contributed by atoms with van der Waals surface area (Å²) in [6.45, 7) is 9.19. The van der Waals surface area contributed by atoms with Crippen LogP contribution in [0.4, 0.5) is 0 Å². The fourth-order valence-corrected chi connectivity index (χ4v) is 4.49. The molecule has 0 radical (unpaired) electrons. The van der Waals surface area contributed by atoms with Gasteiger partial charge in [-0.3, -0.25) is 4.79 Å². The van der Waals surface area contributed by atoms with Gasteiger partial charge in [-0.1, -0.05) is 74.2 Å². The summed E-state index contributed by atoms with van der Waals surface area (Å²) in [6.07, 6.45) is 0.331. The lowest BCUT2D eigenvalue weighted by molar-refractivity contribution is -0.220. The van der Waals surface area contributed by atoms with Gasteiger partial charge in [-0.15, -0.1) is 0 Å². The summed E-state index contributed by atoms with van der Waals surface area (Å²) in [5.41, 5.74) is 2.42. The average Bonchev–Trinajstić information content (AvgIpc) is 3.05. The molecule has 5 nitrogen and oxygen atoms in total. The first-order chi connectivity index (χ1) is 15.0. The highest BCUT2D eigenvalue weighted by Crippen LogP contribution is 2.44. The normalized spacial score (nSPS) is 30.9. The van der Waals surface area contributed by atoms with E-state index in [4.69, 9.17) is 14.2 Å². The van der Waals surface area contributed by atoms with E-state index in [1.807, 2.05) is 62.4 Å². The summed E-state index contributed by atoms with van der Waals surface area (Å²) in [5.74, 6) is -0.0204. The van der Waals surface area contributed by atoms with Gasteiger partial charge in [0.1, 0.15) is 0 Å². The fraction of sp³-hybridized carbons (Fsp3) is 0.423. The number of nitrogens with one attached hydrogen (secondary N) is 1. The number of carbonyl (C=O) groups excluding carboxylic acids is 1. The summed E-state index contributed by atoms with van der Waals surface area (Å²) in [6, 6.07) is 20.2. The van der Waals surface area contributed by atoms with Crippen molar-refractivity contribution < 1.29 is 19.0 Å². The molecule has 5 atom stereocenters. The minimum atomic E-state index is -0.517. The summed E-state index contributed by atoms with van der Waals surface area (Å²) in [7, 11) is 0. The van der Waals surface area contributed by atoms with Gasteiger partial charge in [-0.2, -0.15) is 0 Å². The van der Waals surface area contributed by atoms with E-state index in [-0.39, 0.29) is 30.3 Å². The fourth-order valence-electron chi connectivity index (χ4n) is 4.49. The highest BCUT2D eigenvalue weighted by molar-refractivity contribution is 5.82. The molecular weight excluding hydrogens is 390 g/mol. The van der Waals surface area contributed by atoms with Gasteiger partial charge >= 0.3 is 0 Å². The Labute approximate surface area is 184 Å². The Morgan fingerprint density at radius 2 is 1.55 bits per heavy atom. The second kappa shape index (κ2) is 9.35. The molecule has 1 amide bonds. The maximum Gasteiger partial charge on any atom is 0.225 e. The van der Waals surface area contributed by atoms with Crippen molar-refractivity contribution in [2.75, 3.05) is 0 Å². The molecule has 2 fully saturated rings. The third-order valence-corrected chi connectivity index (χ3v) is 6.44. The Bertz CT molecular complexity index is 900. The van der Waals surface area contributed by atoms with Crippen LogP contribution in [0.2, 0.25) is 0 Å². The smallest absolute Gasteiger partial charge is 0.225 e. The van der Waals surface area contributed by atoms with Gasteiger partial charge in [-0.25, -0.2) is 0 Å². The van der Waals surface area contributed by atoms with Crippen molar-refractivity contribution in [2.24, 2.45) is 5.41 Å². The molecule has 31 heavy (non-hydrogen) atoms. The Kier molecular flexibility index (Phi) is 6.56. The molecule has 2 aliphatic heterocycles. The number of hydrogen-bond acceptors (Lipinski definition) is 4. The van der Waals surface area contributed by atoms with E-state index in [2.05, 4.69) is 24.0 Å². The second-order valence-electron chi connectivity index (χ2n) is 8.79. The minimum absolute atomic E-state index is 0.0204. The average molecular weight is 422 g/mol. The van der Waals surface area contributed by atoms with Gasteiger partial charge in [0.25, 0.3) is 0 Å². The lowest BCUT2D eigenvalue weighted by Gasteiger charge is -2.46. The predicted molar refractivity (Wildman–Crippen MR) is 119 cm³/mol. The van der Waals surface area contributed by atoms with Crippen molar-refractivity contribution in [1.82, 2.24) is 5.32 Å². The standard InChI is InChI=1S/C26H31NO4/c1-18-22(29-16-20-10-6-4-7-11-20)14-23(30-17-21-12-8-5-9-13-21)25(31-18)26(3)15-24(28)27-19(26)2/h4-13,18,22-23,25H,2,14-17H2,1,3H3,(H,27,28)/t18-,22-,23-,25-,26+/m1/s1. The van der Waals surface area contributed by atoms with E-state index in [1.54, 1.807) is 0 Å². The van der Waals surface area contributed by atoms with E-state index in [0.29, 0.717) is 31.8 Å². The van der Waals surface area contributed by atoms with Crippen molar-refractivity contribution >= 4 is 5.91 Å². The van der Waals surface area contributed by atoms with Crippen LogP contribution < -0.4 is 5.32 Å². The van der Waals surface area contributed by atoms with Crippen molar-refractivity contribution in [3.63, 3.8) is 0 Å². The van der Waals surface area contributed by atoms with E-state index >= 15 is 0 Å². The molecule has 0 spiro atoms. The SMILES string of the molecule is C=C1NC(=O)C[C@]1(C)[C@@H]1O[C@H](C)[C@H](OCc2ccccc2)C[C@H]1OCc1ccccc1. The molecule has 2 heterocycles. The Morgan fingerprint density at radius 3 is 2.06 bits per heavy atom. The van der Waals surface area contributed by atoms with Crippen LogP contribution >= 0.6 is 0 Å². The van der Waals surface area contributed by atoms with Crippen LogP contribution in [0.15, 0.2) is 72.9 Å². The molecular formula is C26H31NO4. The first-order valence-corrected chi connectivity index (χ1v) is 10.9. The second-order valence-corrected chi connectivity index (χ2v) is 8.79.